The summed E-state index contributed by atoms with van der Waals surface area (Å²) in [5, 5.41) is 0.731. The van der Waals surface area contributed by atoms with Crippen LogP contribution < -0.4 is 5.73 Å². The molecule has 5 nitrogen and oxygen atoms in total. The van der Waals surface area contributed by atoms with E-state index < -0.39 is 5.79 Å². The number of ether oxygens (including phenoxy) is 2. The summed E-state index contributed by atoms with van der Waals surface area (Å²) in [5.41, 5.74) is 6.81. The summed E-state index contributed by atoms with van der Waals surface area (Å²) in [7, 11) is 0. The first-order chi connectivity index (χ1) is 10.2. The molecule has 0 bridgehead atoms. The summed E-state index contributed by atoms with van der Waals surface area (Å²) in [4.78, 5) is 8.24. The number of rotatable bonds is 4. The lowest BCUT2D eigenvalue weighted by Crippen LogP contribution is -2.24. The molecule has 2 unspecified atom stereocenters. The van der Waals surface area contributed by atoms with Crippen LogP contribution in [-0.4, -0.2) is 28.4 Å². The predicted octanol–water partition coefficient (Wildman–Crippen LogP) is 2.44. The van der Waals surface area contributed by atoms with Crippen LogP contribution >= 0.6 is 11.8 Å². The molecule has 1 aromatic heterocycles. The number of anilines is 1. The molecule has 0 spiro atoms. The van der Waals surface area contributed by atoms with Crippen LogP contribution in [0, 0.1) is 0 Å². The lowest BCUT2D eigenvalue weighted by atomic mass is 10.1. The monoisotopic (exact) mass is 303 g/mol. The summed E-state index contributed by atoms with van der Waals surface area (Å²) in [6.07, 6.45) is 3.22. The van der Waals surface area contributed by atoms with Crippen molar-refractivity contribution in [1.82, 2.24) is 9.97 Å². The number of hydrogen-bond acceptors (Lipinski definition) is 6. The minimum atomic E-state index is -0.680. The van der Waals surface area contributed by atoms with Crippen LogP contribution in [0.25, 0.3) is 0 Å². The smallest absolute Gasteiger partial charge is 0.192 e. The van der Waals surface area contributed by atoms with Gasteiger partial charge >= 0.3 is 0 Å². The second-order valence-electron chi connectivity index (χ2n) is 4.92. The molecule has 6 heteroatoms. The Labute approximate surface area is 127 Å². The summed E-state index contributed by atoms with van der Waals surface area (Å²) in [6, 6.07) is 9.96. The van der Waals surface area contributed by atoms with Gasteiger partial charge in [-0.1, -0.05) is 42.1 Å². The van der Waals surface area contributed by atoms with Crippen LogP contribution in [0.15, 0.2) is 47.8 Å². The fourth-order valence-electron chi connectivity index (χ4n) is 2.23. The molecule has 21 heavy (non-hydrogen) atoms. The van der Waals surface area contributed by atoms with Gasteiger partial charge in [0.05, 0.1) is 12.7 Å². The molecule has 2 aromatic rings. The maximum Gasteiger partial charge on any atom is 0.192 e. The van der Waals surface area contributed by atoms with E-state index in [0.717, 1.165) is 16.3 Å². The number of nitrogen functional groups attached to an aromatic ring is 1. The molecule has 0 saturated carbocycles. The Balaban J connectivity index is 1.61. The van der Waals surface area contributed by atoms with Gasteiger partial charge in [-0.05, 0) is 6.92 Å². The third kappa shape index (κ3) is 3.18. The van der Waals surface area contributed by atoms with E-state index in [1.807, 2.05) is 37.3 Å². The second kappa shape index (κ2) is 6.01. The third-order valence-electron chi connectivity index (χ3n) is 3.33. The van der Waals surface area contributed by atoms with Crippen LogP contribution in [0.1, 0.15) is 12.5 Å². The molecular weight excluding hydrogens is 286 g/mol. The van der Waals surface area contributed by atoms with Gasteiger partial charge in [-0.3, -0.25) is 0 Å². The maximum atomic E-state index is 6.06. The topological polar surface area (TPSA) is 70.3 Å². The Morgan fingerprint density at radius 1 is 1.29 bits per heavy atom. The van der Waals surface area contributed by atoms with Crippen molar-refractivity contribution in [3.05, 3.63) is 48.3 Å². The quantitative estimate of drug-likeness (QED) is 0.875. The van der Waals surface area contributed by atoms with E-state index in [4.69, 9.17) is 15.2 Å². The van der Waals surface area contributed by atoms with Gasteiger partial charge in [-0.2, -0.15) is 0 Å². The minimum Gasteiger partial charge on any atom is -0.381 e. The molecule has 3 rings (SSSR count). The van der Waals surface area contributed by atoms with Gasteiger partial charge < -0.3 is 15.2 Å². The molecule has 0 aliphatic carbocycles. The molecule has 0 radical (unpaired) electrons. The highest BCUT2D eigenvalue weighted by Gasteiger charge is 2.38. The van der Waals surface area contributed by atoms with Crippen LogP contribution in [0.2, 0.25) is 0 Å². The number of nitrogens with two attached hydrogens (primary N) is 1. The van der Waals surface area contributed by atoms with E-state index in [0.29, 0.717) is 12.4 Å². The Kier molecular flexibility index (Phi) is 4.10. The number of benzene rings is 1. The zero-order valence-corrected chi connectivity index (χ0v) is 12.5. The molecule has 110 valence electrons. The third-order valence-corrected chi connectivity index (χ3v) is 4.46. The van der Waals surface area contributed by atoms with Crippen molar-refractivity contribution in [3.63, 3.8) is 0 Å². The molecule has 0 amide bonds. The molecule has 2 N–H and O–H groups in total. The second-order valence-corrected chi connectivity index (χ2v) is 5.93. The zero-order chi connectivity index (χ0) is 14.7. The highest BCUT2D eigenvalue weighted by atomic mass is 32.2. The van der Waals surface area contributed by atoms with E-state index >= 15 is 0 Å². The molecule has 1 aliphatic heterocycles. The number of nitrogens with zero attached hydrogens (tertiary/aromatic N) is 2. The Hall–Kier alpha value is -1.63. The van der Waals surface area contributed by atoms with Gasteiger partial charge in [0.15, 0.2) is 11.6 Å². The average molecular weight is 303 g/mol. The Morgan fingerprint density at radius 3 is 2.81 bits per heavy atom. The normalized spacial score (nSPS) is 25.1. The van der Waals surface area contributed by atoms with E-state index in [2.05, 4.69) is 9.97 Å². The lowest BCUT2D eigenvalue weighted by molar-refractivity contribution is -0.159. The largest absolute Gasteiger partial charge is 0.381 e. The zero-order valence-electron chi connectivity index (χ0n) is 11.7. The van der Waals surface area contributed by atoms with E-state index in [9.17, 15) is 0 Å². The molecule has 1 fully saturated rings. The fraction of sp³-hybridized carbons (Fsp3) is 0.333. The summed E-state index contributed by atoms with van der Waals surface area (Å²) >= 11 is 1.54. The maximum absolute atomic E-state index is 6.06. The van der Waals surface area contributed by atoms with E-state index in [1.54, 1.807) is 12.4 Å². The number of aromatic nitrogens is 2. The van der Waals surface area contributed by atoms with Crippen LogP contribution in [0.4, 0.5) is 5.82 Å². The van der Waals surface area contributed by atoms with Crippen molar-refractivity contribution < 1.29 is 9.47 Å². The molecule has 1 saturated heterocycles. The Bertz CT molecular complexity index is 611. The molecule has 1 aliphatic rings. The first kappa shape index (κ1) is 14.3. The number of hydrogen-bond donors (Lipinski definition) is 1. The van der Waals surface area contributed by atoms with Crippen LogP contribution in [-0.2, 0) is 15.3 Å². The minimum absolute atomic E-state index is 0.00149. The first-order valence-corrected chi connectivity index (χ1v) is 7.72. The van der Waals surface area contributed by atoms with E-state index in [1.165, 1.54) is 11.8 Å². The predicted molar refractivity (Wildman–Crippen MR) is 81.8 cm³/mol. The first-order valence-electron chi connectivity index (χ1n) is 6.74. The molecule has 2 heterocycles. The van der Waals surface area contributed by atoms with Crippen molar-refractivity contribution in [2.75, 3.05) is 18.1 Å². The molecular formula is C15H17N3O2S. The van der Waals surface area contributed by atoms with Crippen molar-refractivity contribution in [2.45, 2.75) is 23.8 Å². The molecule has 1 aromatic carbocycles. The highest BCUT2D eigenvalue weighted by Crippen LogP contribution is 2.35. The van der Waals surface area contributed by atoms with Gasteiger partial charge in [-0.25, -0.2) is 9.97 Å². The molecule has 2 atom stereocenters. The lowest BCUT2D eigenvalue weighted by Gasteiger charge is -2.23. The van der Waals surface area contributed by atoms with Gasteiger partial charge in [0.1, 0.15) is 5.03 Å². The van der Waals surface area contributed by atoms with Crippen molar-refractivity contribution in [1.29, 1.82) is 0 Å². The standard InChI is InChI=1S/C15H17N3O2S/c1-15(11-5-3-2-4-6-11)19-9-12(20-15)10-21-14-13(16)17-7-8-18-14/h2-8,12H,9-10H2,1H3,(H2,16,17). The SMILES string of the molecule is CC1(c2ccccc2)OCC(CSc2nccnc2N)O1. The Morgan fingerprint density at radius 2 is 2.05 bits per heavy atom. The highest BCUT2D eigenvalue weighted by molar-refractivity contribution is 7.99. The summed E-state index contributed by atoms with van der Waals surface area (Å²) < 4.78 is 11.9. The van der Waals surface area contributed by atoms with E-state index in [-0.39, 0.29) is 6.10 Å². The van der Waals surface area contributed by atoms with Gasteiger partial charge in [0.2, 0.25) is 0 Å². The van der Waals surface area contributed by atoms with Crippen molar-refractivity contribution in [2.24, 2.45) is 0 Å². The average Bonchev–Trinajstić information content (AvgIpc) is 2.90. The van der Waals surface area contributed by atoms with Crippen molar-refractivity contribution >= 4 is 17.6 Å². The van der Waals surface area contributed by atoms with Crippen molar-refractivity contribution in [3.8, 4) is 0 Å². The number of thioether (sulfide) groups is 1. The fourth-order valence-corrected chi connectivity index (χ4v) is 3.08. The van der Waals surface area contributed by atoms with Gasteiger partial charge in [0, 0.05) is 23.7 Å². The van der Waals surface area contributed by atoms with Gasteiger partial charge in [-0.15, -0.1) is 0 Å². The summed E-state index contributed by atoms with van der Waals surface area (Å²) in [5.74, 6) is 0.498. The van der Waals surface area contributed by atoms with Gasteiger partial charge in [0.25, 0.3) is 0 Å². The van der Waals surface area contributed by atoms with Crippen LogP contribution in [0.3, 0.4) is 0 Å². The van der Waals surface area contributed by atoms with Crippen LogP contribution in [0.5, 0.6) is 0 Å². The summed E-state index contributed by atoms with van der Waals surface area (Å²) in [6.45, 7) is 2.50.